The molecule has 1 aromatic carbocycles. The van der Waals surface area contributed by atoms with Crippen molar-refractivity contribution in [2.24, 2.45) is 5.73 Å². The predicted octanol–water partition coefficient (Wildman–Crippen LogP) is 2.21. The Morgan fingerprint density at radius 2 is 1.81 bits per heavy atom. The van der Waals surface area contributed by atoms with Crippen LogP contribution in [0.2, 0.25) is 0 Å². The maximum Gasteiger partial charge on any atom is 0.123 e. The third-order valence-corrected chi connectivity index (χ3v) is 2.90. The van der Waals surface area contributed by atoms with Crippen LogP contribution in [0.25, 0.3) is 0 Å². The summed E-state index contributed by atoms with van der Waals surface area (Å²) in [7, 11) is 0. The van der Waals surface area contributed by atoms with Crippen molar-refractivity contribution in [3.05, 3.63) is 35.6 Å². The van der Waals surface area contributed by atoms with Crippen LogP contribution >= 0.6 is 24.8 Å². The van der Waals surface area contributed by atoms with E-state index in [0.717, 1.165) is 31.5 Å². The summed E-state index contributed by atoms with van der Waals surface area (Å²) in [6, 6.07) is 6.63. The van der Waals surface area contributed by atoms with E-state index in [0.29, 0.717) is 0 Å². The Labute approximate surface area is 108 Å². The highest BCUT2D eigenvalue weighted by atomic mass is 35.5. The summed E-state index contributed by atoms with van der Waals surface area (Å²) < 4.78 is 13.0. The largest absolute Gasteiger partial charge is 0.321 e. The number of nitrogens with two attached hydrogens (primary N) is 1. The molecule has 1 aliphatic heterocycles. The third-order valence-electron chi connectivity index (χ3n) is 2.90. The van der Waals surface area contributed by atoms with Gasteiger partial charge < -0.3 is 11.1 Å². The van der Waals surface area contributed by atoms with E-state index in [1.807, 2.05) is 6.07 Å². The molecule has 1 heterocycles. The fraction of sp³-hybridized carbons (Fsp3) is 0.455. The molecule has 1 saturated heterocycles. The molecule has 0 spiro atoms. The summed E-state index contributed by atoms with van der Waals surface area (Å²) in [6.45, 7) is 1.82. The first-order chi connectivity index (χ1) is 6.71. The zero-order valence-corrected chi connectivity index (χ0v) is 10.5. The summed E-state index contributed by atoms with van der Waals surface area (Å²) >= 11 is 0. The molecule has 0 aliphatic carbocycles. The number of hydrogen-bond acceptors (Lipinski definition) is 2. The van der Waals surface area contributed by atoms with Gasteiger partial charge >= 0.3 is 0 Å². The van der Waals surface area contributed by atoms with E-state index in [1.165, 1.54) is 6.07 Å². The van der Waals surface area contributed by atoms with Crippen molar-refractivity contribution < 1.29 is 4.39 Å². The van der Waals surface area contributed by atoms with E-state index in [9.17, 15) is 4.39 Å². The Hall–Kier alpha value is -0.350. The van der Waals surface area contributed by atoms with Gasteiger partial charge in [0.05, 0.1) is 0 Å². The van der Waals surface area contributed by atoms with Crippen molar-refractivity contribution in [2.75, 3.05) is 13.1 Å². The highest BCUT2D eigenvalue weighted by molar-refractivity contribution is 5.85. The molecule has 0 amide bonds. The Balaban J connectivity index is 0.00000112. The molecule has 1 aliphatic rings. The topological polar surface area (TPSA) is 38.0 Å². The molecule has 0 radical (unpaired) electrons. The van der Waals surface area contributed by atoms with Crippen LogP contribution in [0, 0.1) is 5.82 Å². The molecule has 0 unspecified atom stereocenters. The van der Waals surface area contributed by atoms with Gasteiger partial charge in [0.1, 0.15) is 5.82 Å². The Kier molecular flexibility index (Phi) is 6.26. The molecule has 0 aromatic heterocycles. The van der Waals surface area contributed by atoms with Crippen molar-refractivity contribution >= 4 is 24.8 Å². The van der Waals surface area contributed by atoms with Crippen LogP contribution in [0.15, 0.2) is 24.3 Å². The van der Waals surface area contributed by atoms with E-state index in [4.69, 9.17) is 5.73 Å². The predicted molar refractivity (Wildman–Crippen MR) is 68.9 cm³/mol. The first kappa shape index (κ1) is 15.7. The molecule has 2 rings (SSSR count). The van der Waals surface area contributed by atoms with Gasteiger partial charge in [0.15, 0.2) is 0 Å². The van der Waals surface area contributed by atoms with Crippen molar-refractivity contribution in [2.45, 2.75) is 18.4 Å². The summed E-state index contributed by atoms with van der Waals surface area (Å²) in [5, 5.41) is 3.25. The van der Waals surface area contributed by atoms with E-state index >= 15 is 0 Å². The summed E-state index contributed by atoms with van der Waals surface area (Å²) in [6.07, 6.45) is 1.74. The van der Waals surface area contributed by atoms with Gasteiger partial charge in [-0.05, 0) is 43.6 Å². The molecular weight excluding hydrogens is 250 g/mol. The van der Waals surface area contributed by atoms with E-state index in [-0.39, 0.29) is 36.2 Å². The second kappa shape index (κ2) is 6.40. The smallest absolute Gasteiger partial charge is 0.123 e. The minimum atomic E-state index is -0.340. The Morgan fingerprint density at radius 1 is 1.19 bits per heavy atom. The van der Waals surface area contributed by atoms with Gasteiger partial charge in [0, 0.05) is 5.54 Å². The average molecular weight is 267 g/mol. The van der Waals surface area contributed by atoms with E-state index in [2.05, 4.69) is 5.32 Å². The molecular formula is C11H17Cl2FN2. The van der Waals surface area contributed by atoms with Gasteiger partial charge in [-0.15, -0.1) is 24.8 Å². The second-order valence-corrected chi connectivity index (χ2v) is 3.92. The summed E-state index contributed by atoms with van der Waals surface area (Å²) in [5.41, 5.74) is 6.82. The van der Waals surface area contributed by atoms with Crippen LogP contribution in [0.4, 0.5) is 4.39 Å². The van der Waals surface area contributed by atoms with Gasteiger partial charge in [-0.25, -0.2) is 4.39 Å². The number of halogens is 3. The maximum absolute atomic E-state index is 13.0. The number of nitrogens with one attached hydrogen (secondary N) is 1. The lowest BCUT2D eigenvalue weighted by Gasteiger charge is -2.34. The molecule has 0 saturated carbocycles. The zero-order chi connectivity index (χ0) is 10.0. The number of hydrogen-bond donors (Lipinski definition) is 2. The second-order valence-electron chi connectivity index (χ2n) is 3.92. The van der Waals surface area contributed by atoms with Crippen LogP contribution in [-0.2, 0) is 5.54 Å². The van der Waals surface area contributed by atoms with Crippen LogP contribution < -0.4 is 11.1 Å². The maximum atomic E-state index is 13.0. The molecule has 5 heteroatoms. The number of piperidine rings is 1. The summed E-state index contributed by atoms with van der Waals surface area (Å²) in [5.74, 6) is -0.203. The number of rotatable bonds is 1. The highest BCUT2D eigenvalue weighted by Gasteiger charge is 2.29. The molecule has 1 aromatic rings. The molecule has 3 N–H and O–H groups in total. The fourth-order valence-corrected chi connectivity index (χ4v) is 1.96. The normalized spacial score (nSPS) is 18.1. The van der Waals surface area contributed by atoms with Crippen molar-refractivity contribution in [3.8, 4) is 0 Å². The first-order valence-corrected chi connectivity index (χ1v) is 4.96. The lowest BCUT2D eigenvalue weighted by atomic mass is 9.82. The minimum Gasteiger partial charge on any atom is -0.321 e. The quantitative estimate of drug-likeness (QED) is 0.818. The van der Waals surface area contributed by atoms with E-state index in [1.54, 1.807) is 12.1 Å². The molecule has 16 heavy (non-hydrogen) atoms. The molecule has 0 atom stereocenters. The van der Waals surface area contributed by atoms with Gasteiger partial charge in [0.25, 0.3) is 0 Å². The van der Waals surface area contributed by atoms with E-state index < -0.39 is 0 Å². The van der Waals surface area contributed by atoms with Crippen LogP contribution in [0.3, 0.4) is 0 Å². The lowest BCUT2D eigenvalue weighted by molar-refractivity contribution is 0.316. The fourth-order valence-electron chi connectivity index (χ4n) is 1.96. The Bertz CT molecular complexity index is 328. The zero-order valence-electron chi connectivity index (χ0n) is 8.91. The van der Waals surface area contributed by atoms with Crippen LogP contribution in [0.1, 0.15) is 18.4 Å². The van der Waals surface area contributed by atoms with Gasteiger partial charge in [-0.2, -0.15) is 0 Å². The Morgan fingerprint density at radius 3 is 2.38 bits per heavy atom. The molecule has 1 fully saturated rings. The molecule has 0 bridgehead atoms. The average Bonchev–Trinajstić information content (AvgIpc) is 2.19. The van der Waals surface area contributed by atoms with Gasteiger partial charge in [-0.3, -0.25) is 0 Å². The van der Waals surface area contributed by atoms with Gasteiger partial charge in [0.2, 0.25) is 0 Å². The third kappa shape index (κ3) is 3.32. The molecule has 2 nitrogen and oxygen atoms in total. The monoisotopic (exact) mass is 266 g/mol. The van der Waals surface area contributed by atoms with Crippen molar-refractivity contribution in [1.82, 2.24) is 5.32 Å². The summed E-state index contributed by atoms with van der Waals surface area (Å²) in [4.78, 5) is 0. The van der Waals surface area contributed by atoms with Gasteiger partial charge in [-0.1, -0.05) is 12.1 Å². The molecule has 92 valence electrons. The SMILES string of the molecule is Cl.Cl.NC1(c2cccc(F)c2)CCNCC1. The van der Waals surface area contributed by atoms with Crippen LogP contribution in [0.5, 0.6) is 0 Å². The number of benzene rings is 1. The first-order valence-electron chi connectivity index (χ1n) is 4.96. The highest BCUT2D eigenvalue weighted by Crippen LogP contribution is 2.27. The van der Waals surface area contributed by atoms with Crippen molar-refractivity contribution in [1.29, 1.82) is 0 Å². The minimum absolute atomic E-state index is 0. The standard InChI is InChI=1S/C11H15FN2.2ClH/c12-10-3-1-2-9(8-10)11(13)4-6-14-7-5-11;;/h1-3,8,14H,4-7,13H2;2*1H. The lowest BCUT2D eigenvalue weighted by Crippen LogP contribution is -2.46. The van der Waals surface area contributed by atoms with Crippen molar-refractivity contribution in [3.63, 3.8) is 0 Å². The van der Waals surface area contributed by atoms with Crippen LogP contribution in [-0.4, -0.2) is 13.1 Å².